The molecule has 6 heteroatoms. The maximum Gasteiger partial charge on any atom is 0.154 e. The van der Waals surface area contributed by atoms with Crippen LogP contribution in [0.1, 0.15) is 13.3 Å². The van der Waals surface area contributed by atoms with Crippen molar-refractivity contribution in [3.8, 4) is 17.2 Å². The SMILES string of the molecule is CCCOc1cccc(Oc2cc(F)c(Cl)cc2Br)c1N. The van der Waals surface area contributed by atoms with Crippen molar-refractivity contribution in [2.24, 2.45) is 0 Å². The Morgan fingerprint density at radius 3 is 2.67 bits per heavy atom. The molecular weight excluding hydrogens is 361 g/mol. The predicted molar refractivity (Wildman–Crippen MR) is 85.8 cm³/mol. The fourth-order valence-corrected chi connectivity index (χ4v) is 2.37. The van der Waals surface area contributed by atoms with E-state index in [9.17, 15) is 4.39 Å². The number of halogens is 3. The molecule has 0 bridgehead atoms. The molecule has 0 aliphatic rings. The summed E-state index contributed by atoms with van der Waals surface area (Å²) in [4.78, 5) is 0. The van der Waals surface area contributed by atoms with Crippen LogP contribution in [0, 0.1) is 5.82 Å². The van der Waals surface area contributed by atoms with Crippen LogP contribution in [0.2, 0.25) is 5.02 Å². The lowest BCUT2D eigenvalue weighted by molar-refractivity contribution is 0.318. The van der Waals surface area contributed by atoms with Gasteiger partial charge in [-0.3, -0.25) is 0 Å². The first-order valence-electron chi connectivity index (χ1n) is 6.36. The highest BCUT2D eigenvalue weighted by molar-refractivity contribution is 9.10. The van der Waals surface area contributed by atoms with Gasteiger partial charge >= 0.3 is 0 Å². The minimum Gasteiger partial charge on any atom is -0.491 e. The van der Waals surface area contributed by atoms with Crippen molar-refractivity contribution in [3.63, 3.8) is 0 Å². The second kappa shape index (κ2) is 7.00. The van der Waals surface area contributed by atoms with Gasteiger partial charge in [0.25, 0.3) is 0 Å². The van der Waals surface area contributed by atoms with Crippen molar-refractivity contribution >= 4 is 33.2 Å². The van der Waals surface area contributed by atoms with Gasteiger partial charge in [-0.05, 0) is 40.5 Å². The molecule has 0 atom stereocenters. The molecule has 3 nitrogen and oxygen atoms in total. The van der Waals surface area contributed by atoms with Gasteiger partial charge in [0.15, 0.2) is 5.75 Å². The summed E-state index contributed by atoms with van der Waals surface area (Å²) in [5.74, 6) is 0.661. The molecule has 2 N–H and O–H groups in total. The van der Waals surface area contributed by atoms with Gasteiger partial charge in [-0.15, -0.1) is 0 Å². The maximum atomic E-state index is 13.5. The van der Waals surface area contributed by atoms with E-state index in [1.807, 2.05) is 6.92 Å². The van der Waals surface area contributed by atoms with Crippen molar-refractivity contribution in [1.29, 1.82) is 0 Å². The molecule has 0 radical (unpaired) electrons. The number of rotatable bonds is 5. The van der Waals surface area contributed by atoms with Crippen LogP contribution in [0.3, 0.4) is 0 Å². The van der Waals surface area contributed by atoms with Crippen LogP contribution in [-0.2, 0) is 0 Å². The summed E-state index contributed by atoms with van der Waals surface area (Å²) in [6.45, 7) is 2.57. The Balaban J connectivity index is 2.29. The summed E-state index contributed by atoms with van der Waals surface area (Å²) in [6, 6.07) is 7.84. The van der Waals surface area contributed by atoms with Crippen LogP contribution in [0.25, 0.3) is 0 Å². The monoisotopic (exact) mass is 373 g/mol. The molecule has 0 amide bonds. The van der Waals surface area contributed by atoms with E-state index >= 15 is 0 Å². The number of nitrogen functional groups attached to an aromatic ring is 1. The number of anilines is 1. The summed E-state index contributed by atoms with van der Waals surface area (Å²) in [5, 5.41) is 0.0160. The molecule has 0 saturated carbocycles. The van der Waals surface area contributed by atoms with Crippen LogP contribution in [0.15, 0.2) is 34.8 Å². The summed E-state index contributed by atoms with van der Waals surface area (Å²) < 4.78 is 25.2. The topological polar surface area (TPSA) is 44.5 Å². The zero-order valence-corrected chi connectivity index (χ0v) is 13.7. The molecule has 0 heterocycles. The van der Waals surface area contributed by atoms with E-state index in [1.54, 1.807) is 18.2 Å². The Morgan fingerprint density at radius 2 is 1.95 bits per heavy atom. The van der Waals surface area contributed by atoms with Crippen LogP contribution in [-0.4, -0.2) is 6.61 Å². The van der Waals surface area contributed by atoms with E-state index in [-0.39, 0.29) is 10.8 Å². The van der Waals surface area contributed by atoms with Gasteiger partial charge < -0.3 is 15.2 Å². The van der Waals surface area contributed by atoms with Crippen molar-refractivity contribution in [3.05, 3.63) is 45.6 Å². The third-order valence-corrected chi connectivity index (χ3v) is 3.59. The maximum absolute atomic E-state index is 13.5. The molecule has 21 heavy (non-hydrogen) atoms. The summed E-state index contributed by atoms with van der Waals surface area (Å²) in [5.41, 5.74) is 6.37. The molecule has 0 aliphatic carbocycles. The first-order chi connectivity index (χ1) is 10.0. The van der Waals surface area contributed by atoms with Gasteiger partial charge in [-0.25, -0.2) is 4.39 Å². The highest BCUT2D eigenvalue weighted by atomic mass is 79.9. The molecule has 0 saturated heterocycles. The zero-order chi connectivity index (χ0) is 15.4. The Bertz CT molecular complexity index is 652. The number of benzene rings is 2. The van der Waals surface area contributed by atoms with E-state index in [0.29, 0.717) is 28.3 Å². The standard InChI is InChI=1S/C15H14BrClFNO2/c1-2-6-20-12-4-3-5-13(15(12)19)21-14-8-11(18)10(17)7-9(14)16/h3-5,7-8H,2,6,19H2,1H3. The molecule has 2 aromatic carbocycles. The van der Waals surface area contributed by atoms with Crippen LogP contribution >= 0.6 is 27.5 Å². The fourth-order valence-electron chi connectivity index (χ4n) is 1.65. The van der Waals surface area contributed by atoms with E-state index in [4.69, 9.17) is 26.8 Å². The molecule has 0 spiro atoms. The normalized spacial score (nSPS) is 10.5. The minimum atomic E-state index is -0.563. The molecular formula is C15H14BrClFNO2. The summed E-state index contributed by atoms with van der Waals surface area (Å²) >= 11 is 8.97. The van der Waals surface area contributed by atoms with E-state index in [0.717, 1.165) is 6.42 Å². The highest BCUT2D eigenvalue weighted by Gasteiger charge is 2.12. The average Bonchev–Trinajstić information content (AvgIpc) is 2.45. The van der Waals surface area contributed by atoms with Crippen molar-refractivity contribution in [1.82, 2.24) is 0 Å². The van der Waals surface area contributed by atoms with Gasteiger partial charge in [0.1, 0.15) is 23.0 Å². The number of ether oxygens (including phenoxy) is 2. The highest BCUT2D eigenvalue weighted by Crippen LogP contribution is 2.38. The van der Waals surface area contributed by atoms with Crippen LogP contribution < -0.4 is 15.2 Å². The Hall–Kier alpha value is -1.46. The Labute approximate surface area is 135 Å². The Kier molecular flexibility index (Phi) is 5.31. The summed E-state index contributed by atoms with van der Waals surface area (Å²) in [6.07, 6.45) is 0.873. The first-order valence-corrected chi connectivity index (χ1v) is 7.53. The lowest BCUT2D eigenvalue weighted by Gasteiger charge is -2.14. The fraction of sp³-hybridized carbons (Fsp3) is 0.200. The third-order valence-electron chi connectivity index (χ3n) is 2.68. The quantitative estimate of drug-likeness (QED) is 0.562. The second-order valence-electron chi connectivity index (χ2n) is 4.32. The van der Waals surface area contributed by atoms with Crippen molar-refractivity contribution < 1.29 is 13.9 Å². The second-order valence-corrected chi connectivity index (χ2v) is 5.58. The molecule has 0 unspecified atom stereocenters. The zero-order valence-electron chi connectivity index (χ0n) is 11.3. The number of para-hydroxylation sites is 1. The minimum absolute atomic E-state index is 0.0160. The van der Waals surface area contributed by atoms with Gasteiger partial charge in [0, 0.05) is 6.07 Å². The van der Waals surface area contributed by atoms with Crippen LogP contribution in [0.5, 0.6) is 17.2 Å². The van der Waals surface area contributed by atoms with Crippen LogP contribution in [0.4, 0.5) is 10.1 Å². The van der Waals surface area contributed by atoms with Crippen molar-refractivity contribution in [2.75, 3.05) is 12.3 Å². The van der Waals surface area contributed by atoms with E-state index in [2.05, 4.69) is 15.9 Å². The van der Waals surface area contributed by atoms with Gasteiger partial charge in [-0.1, -0.05) is 24.6 Å². The molecule has 2 aromatic rings. The average molecular weight is 375 g/mol. The molecule has 0 aromatic heterocycles. The predicted octanol–water partition coefficient (Wildman–Crippen LogP) is 5.40. The molecule has 112 valence electrons. The van der Waals surface area contributed by atoms with Gasteiger partial charge in [0.05, 0.1) is 16.1 Å². The number of nitrogens with two attached hydrogens (primary N) is 1. The lowest BCUT2D eigenvalue weighted by Crippen LogP contribution is -2.00. The molecule has 2 rings (SSSR count). The number of hydrogen-bond donors (Lipinski definition) is 1. The lowest BCUT2D eigenvalue weighted by atomic mass is 10.2. The van der Waals surface area contributed by atoms with E-state index in [1.165, 1.54) is 12.1 Å². The number of hydrogen-bond acceptors (Lipinski definition) is 3. The largest absolute Gasteiger partial charge is 0.491 e. The third kappa shape index (κ3) is 3.80. The van der Waals surface area contributed by atoms with E-state index < -0.39 is 5.82 Å². The Morgan fingerprint density at radius 1 is 1.24 bits per heavy atom. The van der Waals surface area contributed by atoms with Crippen molar-refractivity contribution in [2.45, 2.75) is 13.3 Å². The van der Waals surface area contributed by atoms with Gasteiger partial charge in [-0.2, -0.15) is 0 Å². The molecule has 0 fully saturated rings. The first kappa shape index (κ1) is 15.9. The summed E-state index contributed by atoms with van der Waals surface area (Å²) in [7, 11) is 0. The van der Waals surface area contributed by atoms with Gasteiger partial charge in [0.2, 0.25) is 0 Å². The smallest absolute Gasteiger partial charge is 0.154 e. The molecule has 0 aliphatic heterocycles.